The van der Waals surface area contributed by atoms with Gasteiger partial charge >= 0.3 is 0 Å². The van der Waals surface area contributed by atoms with Gasteiger partial charge in [0, 0.05) is 30.7 Å². The lowest BCUT2D eigenvalue weighted by atomic mass is 10.1. The SMILES string of the molecule is Cc1ccc(S(=O)(=O)N2CCCCC2C)cc1C(=O)N[C@H]1CCCNC1. The number of hydrogen-bond acceptors (Lipinski definition) is 4. The van der Waals surface area contributed by atoms with Crippen LogP contribution < -0.4 is 10.6 Å². The smallest absolute Gasteiger partial charge is 0.251 e. The molecule has 0 aliphatic carbocycles. The molecule has 2 saturated heterocycles. The Kier molecular flexibility index (Phi) is 5.99. The predicted molar refractivity (Wildman–Crippen MR) is 102 cm³/mol. The molecule has 2 aliphatic heterocycles. The van der Waals surface area contributed by atoms with E-state index in [4.69, 9.17) is 0 Å². The highest BCUT2D eigenvalue weighted by Crippen LogP contribution is 2.26. The van der Waals surface area contributed by atoms with E-state index in [1.807, 2.05) is 13.8 Å². The van der Waals surface area contributed by atoms with Crippen molar-refractivity contribution >= 4 is 15.9 Å². The van der Waals surface area contributed by atoms with E-state index in [1.54, 1.807) is 16.4 Å². The maximum absolute atomic E-state index is 13.1. The van der Waals surface area contributed by atoms with Crippen molar-refractivity contribution in [3.8, 4) is 0 Å². The second-order valence-electron chi connectivity index (χ2n) is 7.45. The molecule has 2 fully saturated rings. The van der Waals surface area contributed by atoms with Crippen molar-refractivity contribution in [2.24, 2.45) is 0 Å². The molecule has 7 heteroatoms. The zero-order valence-corrected chi connectivity index (χ0v) is 16.4. The molecule has 1 aromatic carbocycles. The lowest BCUT2D eigenvalue weighted by molar-refractivity contribution is 0.0930. The Balaban J connectivity index is 1.83. The molecule has 1 aromatic rings. The summed E-state index contributed by atoms with van der Waals surface area (Å²) in [4.78, 5) is 12.9. The molecule has 0 aromatic heterocycles. The summed E-state index contributed by atoms with van der Waals surface area (Å²) in [6.07, 6.45) is 4.81. The molecular weight excluding hydrogens is 350 g/mol. The first-order valence-corrected chi connectivity index (χ1v) is 11.0. The van der Waals surface area contributed by atoms with Gasteiger partial charge in [0.05, 0.1) is 4.90 Å². The van der Waals surface area contributed by atoms with Crippen molar-refractivity contribution < 1.29 is 13.2 Å². The molecule has 26 heavy (non-hydrogen) atoms. The van der Waals surface area contributed by atoms with Crippen LogP contribution in [-0.2, 0) is 10.0 Å². The number of aryl methyl sites for hydroxylation is 1. The summed E-state index contributed by atoms with van der Waals surface area (Å²) in [6.45, 7) is 6.08. The number of sulfonamides is 1. The molecule has 1 amide bonds. The number of rotatable bonds is 4. The zero-order valence-electron chi connectivity index (χ0n) is 15.6. The van der Waals surface area contributed by atoms with Gasteiger partial charge in [-0.1, -0.05) is 12.5 Å². The number of nitrogens with one attached hydrogen (secondary N) is 2. The van der Waals surface area contributed by atoms with Gasteiger partial charge in [0.25, 0.3) is 5.91 Å². The van der Waals surface area contributed by atoms with E-state index >= 15 is 0 Å². The number of nitrogens with zero attached hydrogens (tertiary/aromatic N) is 1. The number of amides is 1. The summed E-state index contributed by atoms with van der Waals surface area (Å²) in [5.74, 6) is -0.194. The lowest BCUT2D eigenvalue weighted by Gasteiger charge is -2.32. The van der Waals surface area contributed by atoms with Crippen LogP contribution in [0, 0.1) is 6.92 Å². The highest BCUT2D eigenvalue weighted by Gasteiger charge is 2.31. The minimum Gasteiger partial charge on any atom is -0.348 e. The Morgan fingerprint density at radius 3 is 2.73 bits per heavy atom. The van der Waals surface area contributed by atoms with Crippen LogP contribution in [0.2, 0.25) is 0 Å². The average molecular weight is 380 g/mol. The van der Waals surface area contributed by atoms with Crippen molar-refractivity contribution in [3.05, 3.63) is 29.3 Å². The molecule has 0 radical (unpaired) electrons. The van der Waals surface area contributed by atoms with E-state index in [9.17, 15) is 13.2 Å². The minimum atomic E-state index is -3.58. The topological polar surface area (TPSA) is 78.5 Å². The van der Waals surface area contributed by atoms with E-state index < -0.39 is 10.0 Å². The second-order valence-corrected chi connectivity index (χ2v) is 9.34. The zero-order chi connectivity index (χ0) is 18.7. The van der Waals surface area contributed by atoms with Crippen LogP contribution in [-0.4, -0.2) is 50.3 Å². The highest BCUT2D eigenvalue weighted by atomic mass is 32.2. The monoisotopic (exact) mass is 379 g/mol. The molecule has 0 saturated carbocycles. The molecule has 0 bridgehead atoms. The standard InChI is InChI=1S/C19H29N3O3S/c1-14-8-9-17(26(24,25)22-11-4-3-6-15(22)2)12-18(14)19(23)21-16-7-5-10-20-13-16/h8-9,12,15-16,20H,3-7,10-11,13H2,1-2H3,(H,21,23)/t15?,16-/m0/s1. The lowest BCUT2D eigenvalue weighted by Crippen LogP contribution is -2.45. The van der Waals surface area contributed by atoms with Gasteiger partial charge in [0.1, 0.15) is 0 Å². The van der Waals surface area contributed by atoms with Gasteiger partial charge in [-0.15, -0.1) is 0 Å². The first-order valence-electron chi connectivity index (χ1n) is 9.53. The van der Waals surface area contributed by atoms with Crippen LogP contribution in [0.1, 0.15) is 54.9 Å². The van der Waals surface area contributed by atoms with Crippen LogP contribution in [0.25, 0.3) is 0 Å². The Hall–Kier alpha value is -1.44. The third kappa shape index (κ3) is 4.10. The summed E-state index contributed by atoms with van der Waals surface area (Å²) in [6, 6.07) is 4.98. The number of piperidine rings is 2. The highest BCUT2D eigenvalue weighted by molar-refractivity contribution is 7.89. The number of benzene rings is 1. The Morgan fingerprint density at radius 1 is 1.23 bits per heavy atom. The minimum absolute atomic E-state index is 0.000595. The third-order valence-electron chi connectivity index (χ3n) is 5.43. The van der Waals surface area contributed by atoms with Crippen LogP contribution in [0.4, 0.5) is 0 Å². The van der Waals surface area contributed by atoms with E-state index in [-0.39, 0.29) is 22.9 Å². The van der Waals surface area contributed by atoms with Crippen molar-refractivity contribution in [1.29, 1.82) is 0 Å². The number of hydrogen-bond donors (Lipinski definition) is 2. The molecule has 144 valence electrons. The summed E-state index contributed by atoms with van der Waals surface area (Å²) >= 11 is 0. The van der Waals surface area contributed by atoms with Gasteiger partial charge in [-0.05, 0) is 63.8 Å². The quantitative estimate of drug-likeness (QED) is 0.839. The fraction of sp³-hybridized carbons (Fsp3) is 0.632. The van der Waals surface area contributed by atoms with Crippen molar-refractivity contribution in [2.45, 2.75) is 62.9 Å². The van der Waals surface area contributed by atoms with Crippen LogP contribution >= 0.6 is 0 Å². The average Bonchev–Trinajstić information content (AvgIpc) is 2.63. The van der Waals surface area contributed by atoms with Gasteiger partial charge in [0.2, 0.25) is 10.0 Å². The largest absolute Gasteiger partial charge is 0.348 e. The fourth-order valence-electron chi connectivity index (χ4n) is 3.81. The van der Waals surface area contributed by atoms with E-state index in [0.717, 1.165) is 50.8 Å². The summed E-state index contributed by atoms with van der Waals surface area (Å²) in [5, 5.41) is 6.31. The molecule has 6 nitrogen and oxygen atoms in total. The van der Waals surface area contributed by atoms with Crippen LogP contribution in [0.3, 0.4) is 0 Å². The van der Waals surface area contributed by atoms with Crippen molar-refractivity contribution in [1.82, 2.24) is 14.9 Å². The maximum Gasteiger partial charge on any atom is 0.251 e. The van der Waals surface area contributed by atoms with Crippen molar-refractivity contribution in [3.63, 3.8) is 0 Å². The van der Waals surface area contributed by atoms with Gasteiger partial charge in [0.15, 0.2) is 0 Å². The molecule has 2 aliphatic rings. The van der Waals surface area contributed by atoms with Gasteiger partial charge < -0.3 is 10.6 Å². The Labute approximate surface area is 156 Å². The number of carbonyl (C=O) groups is 1. The van der Waals surface area contributed by atoms with Gasteiger partial charge in [-0.3, -0.25) is 4.79 Å². The third-order valence-corrected chi connectivity index (χ3v) is 7.44. The molecule has 2 N–H and O–H groups in total. The van der Waals surface area contributed by atoms with Gasteiger partial charge in [-0.2, -0.15) is 4.31 Å². The van der Waals surface area contributed by atoms with Gasteiger partial charge in [-0.25, -0.2) is 8.42 Å². The van der Waals surface area contributed by atoms with E-state index in [1.165, 1.54) is 6.07 Å². The Morgan fingerprint density at radius 2 is 2.04 bits per heavy atom. The maximum atomic E-state index is 13.1. The molecule has 0 spiro atoms. The predicted octanol–water partition coefficient (Wildman–Crippen LogP) is 2.04. The summed E-state index contributed by atoms with van der Waals surface area (Å²) in [7, 11) is -3.58. The molecule has 3 rings (SSSR count). The second kappa shape index (κ2) is 8.06. The molecule has 2 heterocycles. The fourth-order valence-corrected chi connectivity index (χ4v) is 5.53. The summed E-state index contributed by atoms with van der Waals surface area (Å²) in [5.41, 5.74) is 1.23. The molecule has 1 unspecified atom stereocenters. The van der Waals surface area contributed by atoms with Crippen LogP contribution in [0.15, 0.2) is 23.1 Å². The number of carbonyl (C=O) groups excluding carboxylic acids is 1. The van der Waals surface area contributed by atoms with Crippen molar-refractivity contribution in [2.75, 3.05) is 19.6 Å². The van der Waals surface area contributed by atoms with Crippen LogP contribution in [0.5, 0.6) is 0 Å². The van der Waals surface area contributed by atoms with E-state index in [0.29, 0.717) is 12.1 Å². The van der Waals surface area contributed by atoms with E-state index in [2.05, 4.69) is 10.6 Å². The Bertz CT molecular complexity index is 757. The first kappa shape index (κ1) is 19.3. The summed E-state index contributed by atoms with van der Waals surface area (Å²) < 4.78 is 27.7. The molecule has 2 atom stereocenters. The normalized spacial score (nSPS) is 25.0. The first-order chi connectivity index (χ1) is 12.4. The molecular formula is C19H29N3O3S.